The Balaban J connectivity index is 1.86. The lowest BCUT2D eigenvalue weighted by Crippen LogP contribution is -2.59. The van der Waals surface area contributed by atoms with Crippen LogP contribution in [0.1, 0.15) is 34.7 Å². The monoisotopic (exact) mass is 292 g/mol. The molecule has 0 aromatic carbocycles. The molecule has 1 atom stereocenters. The van der Waals surface area contributed by atoms with Gasteiger partial charge in [0.1, 0.15) is 16.9 Å². The van der Waals surface area contributed by atoms with Gasteiger partial charge in [0.15, 0.2) is 0 Å². The second-order valence-corrected chi connectivity index (χ2v) is 5.52. The maximum atomic E-state index is 12.6. The molecule has 8 heteroatoms. The highest BCUT2D eigenvalue weighted by molar-refractivity contribution is 6.07. The molecule has 0 saturated carbocycles. The normalized spacial score (nSPS) is 25.1. The Hall–Kier alpha value is -2.38. The van der Waals surface area contributed by atoms with Crippen molar-refractivity contribution in [3.8, 4) is 0 Å². The van der Waals surface area contributed by atoms with Crippen molar-refractivity contribution < 1.29 is 18.9 Å². The highest BCUT2D eigenvalue weighted by Gasteiger charge is 2.49. The van der Waals surface area contributed by atoms with Crippen LogP contribution in [-0.4, -0.2) is 46.5 Å². The van der Waals surface area contributed by atoms with E-state index in [0.29, 0.717) is 36.4 Å². The van der Waals surface area contributed by atoms with Crippen molar-refractivity contribution in [3.63, 3.8) is 0 Å². The van der Waals surface area contributed by atoms with E-state index in [9.17, 15) is 14.4 Å². The Morgan fingerprint density at radius 2 is 2.14 bits per heavy atom. The van der Waals surface area contributed by atoms with Gasteiger partial charge in [-0.15, -0.1) is 0 Å². The first-order valence-electron chi connectivity index (χ1n) is 6.79. The number of imide groups is 1. The lowest BCUT2D eigenvalue weighted by molar-refractivity contribution is -0.125. The van der Waals surface area contributed by atoms with Gasteiger partial charge in [-0.1, -0.05) is 5.16 Å². The van der Waals surface area contributed by atoms with E-state index in [1.807, 2.05) is 0 Å². The Bertz CT molecular complexity index is 619. The summed E-state index contributed by atoms with van der Waals surface area (Å²) < 4.78 is 5.02. The molecular weight excluding hydrogens is 276 g/mol. The minimum absolute atomic E-state index is 0.160. The van der Waals surface area contributed by atoms with Crippen molar-refractivity contribution in [2.45, 2.75) is 32.2 Å². The van der Waals surface area contributed by atoms with Gasteiger partial charge in [-0.25, -0.2) is 4.79 Å². The van der Waals surface area contributed by atoms with Crippen LogP contribution in [0, 0.1) is 13.8 Å². The minimum atomic E-state index is -1.01. The maximum absolute atomic E-state index is 12.6. The van der Waals surface area contributed by atoms with Crippen LogP contribution in [0.5, 0.6) is 0 Å². The number of urea groups is 1. The fourth-order valence-electron chi connectivity index (χ4n) is 2.99. The fourth-order valence-corrected chi connectivity index (χ4v) is 2.99. The number of nitrogens with zero attached hydrogens (tertiary/aromatic N) is 2. The van der Waals surface area contributed by atoms with E-state index >= 15 is 0 Å². The molecule has 2 aliphatic heterocycles. The third-order valence-corrected chi connectivity index (χ3v) is 4.04. The van der Waals surface area contributed by atoms with E-state index in [1.54, 1.807) is 18.7 Å². The average molecular weight is 292 g/mol. The van der Waals surface area contributed by atoms with Gasteiger partial charge in [-0.3, -0.25) is 14.9 Å². The van der Waals surface area contributed by atoms with Gasteiger partial charge in [-0.05, 0) is 26.7 Å². The summed E-state index contributed by atoms with van der Waals surface area (Å²) in [6, 6.07) is -0.508. The Morgan fingerprint density at radius 1 is 1.38 bits per heavy atom. The van der Waals surface area contributed by atoms with Crippen molar-refractivity contribution in [1.82, 2.24) is 20.7 Å². The van der Waals surface area contributed by atoms with Gasteiger partial charge in [0.2, 0.25) is 0 Å². The average Bonchev–Trinajstić information content (AvgIpc) is 2.89. The van der Waals surface area contributed by atoms with Crippen LogP contribution in [0.3, 0.4) is 0 Å². The van der Waals surface area contributed by atoms with E-state index in [4.69, 9.17) is 4.52 Å². The van der Waals surface area contributed by atoms with Gasteiger partial charge in [0.25, 0.3) is 11.8 Å². The number of aromatic nitrogens is 1. The molecule has 0 radical (unpaired) electrons. The topological polar surface area (TPSA) is 105 Å². The number of piperidine rings is 1. The van der Waals surface area contributed by atoms with Gasteiger partial charge < -0.3 is 14.7 Å². The zero-order chi connectivity index (χ0) is 15.2. The molecule has 2 fully saturated rings. The predicted octanol–water partition coefficient (Wildman–Crippen LogP) is 0.106. The van der Waals surface area contributed by atoms with Crippen LogP contribution in [0.4, 0.5) is 4.79 Å². The van der Waals surface area contributed by atoms with Gasteiger partial charge in [-0.2, -0.15) is 0 Å². The third-order valence-electron chi connectivity index (χ3n) is 4.04. The molecule has 3 heterocycles. The number of nitrogens with one attached hydrogen (secondary N) is 2. The Kier molecular flexibility index (Phi) is 2.96. The number of likely N-dealkylation sites (tertiary alicyclic amines) is 1. The molecule has 4 amide bonds. The zero-order valence-electron chi connectivity index (χ0n) is 11.9. The number of hydrogen-bond acceptors (Lipinski definition) is 5. The molecule has 1 unspecified atom stereocenters. The van der Waals surface area contributed by atoms with Crippen LogP contribution in [-0.2, 0) is 4.79 Å². The molecule has 1 spiro atoms. The van der Waals surface area contributed by atoms with Crippen molar-refractivity contribution in [2.24, 2.45) is 0 Å². The van der Waals surface area contributed by atoms with E-state index in [0.717, 1.165) is 0 Å². The molecule has 2 N–H and O–H groups in total. The Morgan fingerprint density at radius 3 is 2.71 bits per heavy atom. The first kappa shape index (κ1) is 13.6. The number of hydrogen-bond donors (Lipinski definition) is 2. The molecule has 112 valence electrons. The van der Waals surface area contributed by atoms with Crippen LogP contribution in [0.2, 0.25) is 0 Å². The standard InChI is InChI=1S/C13H16N4O4/c1-7-9(8(2)21-16-7)10(18)17-5-3-4-13(6-17)11(19)14-12(20)15-13/h3-6H2,1-2H3,(H2,14,15,19,20). The van der Waals surface area contributed by atoms with E-state index < -0.39 is 11.6 Å². The van der Waals surface area contributed by atoms with Crippen LogP contribution < -0.4 is 10.6 Å². The Labute approximate surface area is 120 Å². The molecule has 3 rings (SSSR count). The van der Waals surface area contributed by atoms with Gasteiger partial charge >= 0.3 is 6.03 Å². The lowest BCUT2D eigenvalue weighted by Gasteiger charge is -2.37. The SMILES string of the molecule is Cc1noc(C)c1C(=O)N1CCCC2(C1)NC(=O)NC2=O. The van der Waals surface area contributed by atoms with Crippen LogP contribution >= 0.6 is 0 Å². The summed E-state index contributed by atoms with van der Waals surface area (Å²) in [6.07, 6.45) is 1.17. The number of amides is 4. The van der Waals surface area contributed by atoms with E-state index in [-0.39, 0.29) is 18.4 Å². The fraction of sp³-hybridized carbons (Fsp3) is 0.538. The molecule has 2 aliphatic rings. The molecule has 1 aromatic rings. The first-order valence-corrected chi connectivity index (χ1v) is 6.79. The lowest BCUT2D eigenvalue weighted by atomic mass is 9.89. The summed E-state index contributed by atoms with van der Waals surface area (Å²) in [5, 5.41) is 8.66. The summed E-state index contributed by atoms with van der Waals surface area (Å²) in [4.78, 5) is 37.5. The van der Waals surface area contributed by atoms with E-state index in [1.165, 1.54) is 0 Å². The zero-order valence-corrected chi connectivity index (χ0v) is 11.9. The molecule has 0 bridgehead atoms. The van der Waals surface area contributed by atoms with Crippen molar-refractivity contribution in [3.05, 3.63) is 17.0 Å². The smallest absolute Gasteiger partial charge is 0.322 e. The number of carbonyl (C=O) groups excluding carboxylic acids is 3. The maximum Gasteiger partial charge on any atom is 0.322 e. The second-order valence-electron chi connectivity index (χ2n) is 5.52. The third kappa shape index (κ3) is 2.07. The molecule has 8 nitrogen and oxygen atoms in total. The number of rotatable bonds is 1. The quantitative estimate of drug-likeness (QED) is 0.715. The highest BCUT2D eigenvalue weighted by Crippen LogP contribution is 2.26. The minimum Gasteiger partial charge on any atom is -0.361 e. The summed E-state index contributed by atoms with van der Waals surface area (Å²) in [5.74, 6) is -0.139. The molecule has 1 aromatic heterocycles. The van der Waals surface area contributed by atoms with Gasteiger partial charge in [0, 0.05) is 6.54 Å². The molecular formula is C13H16N4O4. The summed E-state index contributed by atoms with van der Waals surface area (Å²) in [7, 11) is 0. The van der Waals surface area contributed by atoms with Crippen molar-refractivity contribution in [2.75, 3.05) is 13.1 Å². The van der Waals surface area contributed by atoms with Crippen LogP contribution in [0.15, 0.2) is 4.52 Å². The molecule has 21 heavy (non-hydrogen) atoms. The van der Waals surface area contributed by atoms with Crippen molar-refractivity contribution >= 4 is 17.8 Å². The highest BCUT2D eigenvalue weighted by atomic mass is 16.5. The second kappa shape index (κ2) is 4.57. The number of carbonyl (C=O) groups is 3. The summed E-state index contributed by atoms with van der Waals surface area (Å²) >= 11 is 0. The predicted molar refractivity (Wildman–Crippen MR) is 70.5 cm³/mol. The number of aryl methyl sites for hydroxylation is 2. The first-order chi connectivity index (χ1) is 9.93. The molecule has 2 saturated heterocycles. The van der Waals surface area contributed by atoms with E-state index in [2.05, 4.69) is 15.8 Å². The van der Waals surface area contributed by atoms with Gasteiger partial charge in [0.05, 0.1) is 12.2 Å². The summed E-state index contributed by atoms with van der Waals surface area (Å²) in [6.45, 7) is 4.08. The van der Waals surface area contributed by atoms with Crippen molar-refractivity contribution in [1.29, 1.82) is 0 Å². The molecule has 0 aliphatic carbocycles. The largest absolute Gasteiger partial charge is 0.361 e. The van der Waals surface area contributed by atoms with Crippen LogP contribution in [0.25, 0.3) is 0 Å². The summed E-state index contributed by atoms with van der Waals surface area (Å²) in [5.41, 5.74) is -0.0573.